The van der Waals surface area contributed by atoms with E-state index in [-0.39, 0.29) is 11.8 Å². The van der Waals surface area contributed by atoms with E-state index in [1.54, 1.807) is 25.1 Å². The van der Waals surface area contributed by atoms with Gasteiger partial charge in [0.2, 0.25) is 5.95 Å². The monoisotopic (exact) mass is 248 g/mol. The minimum atomic E-state index is -0.292. The van der Waals surface area contributed by atoms with Crippen LogP contribution in [-0.2, 0) is 0 Å². The van der Waals surface area contributed by atoms with Crippen LogP contribution in [0.1, 0.15) is 5.56 Å². The quantitative estimate of drug-likeness (QED) is 0.485. The lowest BCUT2D eigenvalue weighted by molar-refractivity contribution is 0.619. The molecule has 7 heteroatoms. The van der Waals surface area contributed by atoms with Crippen LogP contribution in [0.2, 0.25) is 0 Å². The van der Waals surface area contributed by atoms with Crippen molar-refractivity contribution in [2.45, 2.75) is 6.92 Å². The second-order valence-corrected chi connectivity index (χ2v) is 3.73. The molecule has 6 N–H and O–H groups in total. The zero-order chi connectivity index (χ0) is 13.1. The predicted molar refractivity (Wildman–Crippen MR) is 68.7 cm³/mol. The first-order chi connectivity index (χ1) is 8.58. The topological polar surface area (TPSA) is 102 Å². The van der Waals surface area contributed by atoms with Crippen LogP contribution in [-0.4, -0.2) is 9.97 Å². The lowest BCUT2D eigenvalue weighted by Gasteiger charge is -2.08. The van der Waals surface area contributed by atoms with Gasteiger partial charge in [-0.1, -0.05) is 6.07 Å². The molecular weight excluding hydrogens is 235 g/mol. The Morgan fingerprint density at radius 1 is 1.17 bits per heavy atom. The summed E-state index contributed by atoms with van der Waals surface area (Å²) in [5.74, 6) is 5.82. The lowest BCUT2D eigenvalue weighted by atomic mass is 10.2. The number of anilines is 4. The number of aryl methyl sites for hydroxylation is 1. The first kappa shape index (κ1) is 12.1. The van der Waals surface area contributed by atoms with Crippen molar-refractivity contribution in [2.75, 3.05) is 16.5 Å². The molecule has 0 atom stereocenters. The molecule has 0 saturated heterocycles. The van der Waals surface area contributed by atoms with Gasteiger partial charge in [0.15, 0.2) is 0 Å². The van der Waals surface area contributed by atoms with Crippen molar-refractivity contribution in [1.82, 2.24) is 9.97 Å². The van der Waals surface area contributed by atoms with E-state index in [9.17, 15) is 4.39 Å². The van der Waals surface area contributed by atoms with Gasteiger partial charge in [-0.15, -0.1) is 0 Å². The van der Waals surface area contributed by atoms with Gasteiger partial charge in [-0.2, -0.15) is 9.97 Å². The fraction of sp³-hybridized carbons (Fsp3) is 0.0909. The molecule has 18 heavy (non-hydrogen) atoms. The third-order valence-electron chi connectivity index (χ3n) is 2.34. The minimum Gasteiger partial charge on any atom is -0.368 e. The van der Waals surface area contributed by atoms with E-state index in [1.165, 1.54) is 6.07 Å². The molecule has 0 amide bonds. The zero-order valence-electron chi connectivity index (χ0n) is 9.74. The molecule has 0 aliphatic rings. The molecule has 0 unspecified atom stereocenters. The third kappa shape index (κ3) is 2.64. The number of nitrogens with two attached hydrogens (primary N) is 2. The van der Waals surface area contributed by atoms with Gasteiger partial charge < -0.3 is 16.5 Å². The first-order valence-electron chi connectivity index (χ1n) is 5.23. The van der Waals surface area contributed by atoms with Gasteiger partial charge in [-0.05, 0) is 24.6 Å². The van der Waals surface area contributed by atoms with E-state index >= 15 is 0 Å². The molecule has 0 bridgehead atoms. The maximum atomic E-state index is 13.4. The average Bonchev–Trinajstić information content (AvgIpc) is 2.33. The lowest BCUT2D eigenvalue weighted by Crippen LogP contribution is -2.11. The summed E-state index contributed by atoms with van der Waals surface area (Å²) in [6.45, 7) is 1.69. The van der Waals surface area contributed by atoms with Gasteiger partial charge in [0, 0.05) is 11.8 Å². The standard InChI is InChI=1S/C11H13FN6/c1-6-2-3-7(4-8(6)12)15-9-5-10(18-14)17-11(13)16-9/h2-5H,14H2,1H3,(H4,13,15,16,17,18). The van der Waals surface area contributed by atoms with Crippen molar-refractivity contribution in [3.8, 4) is 0 Å². The number of hydrogen-bond acceptors (Lipinski definition) is 6. The van der Waals surface area contributed by atoms with Gasteiger partial charge in [0.05, 0.1) is 0 Å². The molecule has 2 aromatic rings. The summed E-state index contributed by atoms with van der Waals surface area (Å²) in [5.41, 5.74) is 9.02. The number of rotatable bonds is 3. The van der Waals surface area contributed by atoms with Crippen LogP contribution in [0.15, 0.2) is 24.3 Å². The summed E-state index contributed by atoms with van der Waals surface area (Å²) in [5, 5.41) is 2.92. The molecule has 6 nitrogen and oxygen atoms in total. The molecule has 2 rings (SSSR count). The van der Waals surface area contributed by atoms with Crippen molar-refractivity contribution < 1.29 is 4.39 Å². The third-order valence-corrected chi connectivity index (χ3v) is 2.34. The Kier molecular flexibility index (Phi) is 3.24. The first-order valence-corrected chi connectivity index (χ1v) is 5.23. The van der Waals surface area contributed by atoms with Gasteiger partial charge in [-0.25, -0.2) is 10.2 Å². The highest BCUT2D eigenvalue weighted by Gasteiger charge is 2.04. The van der Waals surface area contributed by atoms with Crippen LogP contribution in [0.5, 0.6) is 0 Å². The van der Waals surface area contributed by atoms with Crippen LogP contribution in [0.3, 0.4) is 0 Å². The maximum Gasteiger partial charge on any atom is 0.223 e. The number of nitrogens with one attached hydrogen (secondary N) is 2. The summed E-state index contributed by atoms with van der Waals surface area (Å²) in [4.78, 5) is 7.81. The highest BCUT2D eigenvalue weighted by atomic mass is 19.1. The molecule has 1 aromatic carbocycles. The van der Waals surface area contributed by atoms with E-state index in [1.807, 2.05) is 0 Å². The fourth-order valence-electron chi connectivity index (χ4n) is 1.42. The van der Waals surface area contributed by atoms with Crippen molar-refractivity contribution in [2.24, 2.45) is 5.84 Å². The van der Waals surface area contributed by atoms with Gasteiger partial charge in [0.1, 0.15) is 17.5 Å². The summed E-state index contributed by atoms with van der Waals surface area (Å²) in [7, 11) is 0. The second-order valence-electron chi connectivity index (χ2n) is 3.73. The normalized spacial score (nSPS) is 10.2. The van der Waals surface area contributed by atoms with Gasteiger partial charge in [-0.3, -0.25) is 0 Å². The van der Waals surface area contributed by atoms with E-state index in [0.29, 0.717) is 22.9 Å². The van der Waals surface area contributed by atoms with E-state index in [4.69, 9.17) is 11.6 Å². The average molecular weight is 248 g/mol. The Morgan fingerprint density at radius 3 is 2.56 bits per heavy atom. The van der Waals surface area contributed by atoms with Crippen LogP contribution in [0.4, 0.5) is 27.7 Å². The Balaban J connectivity index is 2.27. The molecule has 0 aliphatic carbocycles. The van der Waals surface area contributed by atoms with Crippen LogP contribution in [0.25, 0.3) is 0 Å². The van der Waals surface area contributed by atoms with Gasteiger partial charge >= 0.3 is 0 Å². The molecule has 1 heterocycles. The SMILES string of the molecule is Cc1ccc(Nc2cc(NN)nc(N)n2)cc1F. The molecular formula is C11H13FN6. The Bertz CT molecular complexity index is 571. The molecule has 0 aliphatic heterocycles. The number of aromatic nitrogens is 2. The number of nitrogen functional groups attached to an aromatic ring is 2. The maximum absolute atomic E-state index is 13.4. The number of hydrazine groups is 1. The molecule has 1 aromatic heterocycles. The van der Waals surface area contributed by atoms with Crippen molar-refractivity contribution >= 4 is 23.3 Å². The fourth-order valence-corrected chi connectivity index (χ4v) is 1.42. The summed E-state index contributed by atoms with van der Waals surface area (Å²) >= 11 is 0. The van der Waals surface area contributed by atoms with E-state index < -0.39 is 0 Å². The number of nitrogens with zero attached hydrogens (tertiary/aromatic N) is 2. The molecule has 0 fully saturated rings. The largest absolute Gasteiger partial charge is 0.368 e. The molecule has 0 radical (unpaired) electrons. The Morgan fingerprint density at radius 2 is 1.89 bits per heavy atom. The minimum absolute atomic E-state index is 0.0699. The smallest absolute Gasteiger partial charge is 0.223 e. The van der Waals surface area contributed by atoms with Crippen molar-refractivity contribution in [3.63, 3.8) is 0 Å². The highest BCUT2D eigenvalue weighted by molar-refractivity contribution is 5.60. The van der Waals surface area contributed by atoms with Crippen molar-refractivity contribution in [3.05, 3.63) is 35.6 Å². The van der Waals surface area contributed by atoms with Gasteiger partial charge in [0.25, 0.3) is 0 Å². The highest BCUT2D eigenvalue weighted by Crippen LogP contribution is 2.19. The Hall–Kier alpha value is -2.41. The van der Waals surface area contributed by atoms with Crippen LogP contribution < -0.4 is 22.3 Å². The van der Waals surface area contributed by atoms with Crippen molar-refractivity contribution in [1.29, 1.82) is 0 Å². The van der Waals surface area contributed by atoms with E-state index in [0.717, 1.165) is 0 Å². The molecule has 94 valence electrons. The number of hydrogen-bond donors (Lipinski definition) is 4. The van der Waals surface area contributed by atoms with Crippen LogP contribution >= 0.6 is 0 Å². The number of halogens is 1. The summed E-state index contributed by atoms with van der Waals surface area (Å²) in [6, 6.07) is 6.36. The summed E-state index contributed by atoms with van der Waals surface area (Å²) in [6.07, 6.45) is 0. The predicted octanol–water partition coefficient (Wildman–Crippen LogP) is 1.54. The van der Waals surface area contributed by atoms with Crippen LogP contribution in [0, 0.1) is 12.7 Å². The second kappa shape index (κ2) is 4.84. The molecule has 0 saturated carbocycles. The zero-order valence-corrected chi connectivity index (χ0v) is 9.74. The molecule has 0 spiro atoms. The van der Waals surface area contributed by atoms with E-state index in [2.05, 4.69) is 20.7 Å². The number of benzene rings is 1. The Labute approximate surface area is 103 Å². The summed E-state index contributed by atoms with van der Waals surface area (Å²) < 4.78 is 13.4.